The lowest BCUT2D eigenvalue weighted by atomic mass is 10.2. The average molecular weight is 265 g/mol. The first-order valence-electron chi connectivity index (χ1n) is 5.74. The van der Waals surface area contributed by atoms with Crippen molar-refractivity contribution in [3.05, 3.63) is 30.3 Å². The molecule has 3 rings (SSSR count). The van der Waals surface area contributed by atoms with Gasteiger partial charge in [0.1, 0.15) is 11.3 Å². The maximum atomic E-state index is 13.1. The Bertz CT molecular complexity index is 619. The van der Waals surface area contributed by atoms with Gasteiger partial charge in [-0.25, -0.2) is 9.37 Å². The lowest BCUT2D eigenvalue weighted by Gasteiger charge is -2.13. The van der Waals surface area contributed by atoms with E-state index in [1.165, 1.54) is 12.3 Å². The second-order valence-electron chi connectivity index (χ2n) is 4.32. The lowest BCUT2D eigenvalue weighted by molar-refractivity contribution is 0.624. The summed E-state index contributed by atoms with van der Waals surface area (Å²) in [5.41, 5.74) is 2.00. The predicted octanol–water partition coefficient (Wildman–Crippen LogP) is 1.70. The zero-order valence-corrected chi connectivity index (χ0v) is 10.4. The number of pyridine rings is 2. The summed E-state index contributed by atoms with van der Waals surface area (Å²) in [4.78, 5) is 8.16. The molecule has 1 aliphatic heterocycles. The number of nitrogens with zero attached hydrogens (tertiary/aromatic N) is 2. The van der Waals surface area contributed by atoms with E-state index in [0.29, 0.717) is 16.8 Å². The summed E-state index contributed by atoms with van der Waals surface area (Å²) in [6.07, 6.45) is 3.69. The van der Waals surface area contributed by atoms with Crippen molar-refractivity contribution in [3.63, 3.8) is 0 Å². The molecule has 2 atom stereocenters. The summed E-state index contributed by atoms with van der Waals surface area (Å²) >= 11 is 0. The molecule has 1 aliphatic rings. The Morgan fingerprint density at radius 2 is 2.33 bits per heavy atom. The van der Waals surface area contributed by atoms with Crippen LogP contribution in [0.3, 0.4) is 0 Å². The van der Waals surface area contributed by atoms with Gasteiger partial charge >= 0.3 is 0 Å². The second kappa shape index (κ2) is 4.61. The Morgan fingerprint density at radius 1 is 1.44 bits per heavy atom. The van der Waals surface area contributed by atoms with E-state index in [4.69, 9.17) is 0 Å². The normalized spacial score (nSPS) is 23.4. The maximum absolute atomic E-state index is 13.1. The van der Waals surface area contributed by atoms with E-state index in [0.717, 1.165) is 17.9 Å². The molecule has 4 nitrogen and oxygen atoms in total. The quantitative estimate of drug-likeness (QED) is 0.898. The smallest absolute Gasteiger partial charge is 0.143 e. The number of hydrogen-bond donors (Lipinski definition) is 1. The van der Waals surface area contributed by atoms with Crippen molar-refractivity contribution in [2.75, 3.05) is 16.8 Å². The molecule has 18 heavy (non-hydrogen) atoms. The van der Waals surface area contributed by atoms with Gasteiger partial charge < -0.3 is 5.32 Å². The van der Waals surface area contributed by atoms with Crippen LogP contribution >= 0.6 is 0 Å². The largest absolute Gasteiger partial charge is 0.379 e. The van der Waals surface area contributed by atoms with Gasteiger partial charge in [0.15, 0.2) is 0 Å². The van der Waals surface area contributed by atoms with E-state index < -0.39 is 16.6 Å². The number of aromatic nitrogens is 2. The highest BCUT2D eigenvalue weighted by molar-refractivity contribution is 7.85. The van der Waals surface area contributed by atoms with Crippen LogP contribution in [-0.2, 0) is 10.8 Å². The summed E-state index contributed by atoms with van der Waals surface area (Å²) in [7, 11) is -0.722. The summed E-state index contributed by atoms with van der Waals surface area (Å²) < 4.78 is 24.4. The van der Waals surface area contributed by atoms with Gasteiger partial charge in [0.05, 0.1) is 17.4 Å². The number of rotatable bonds is 2. The average Bonchev–Trinajstić information content (AvgIpc) is 2.75. The number of hydrogen-bond acceptors (Lipinski definition) is 4. The molecule has 3 heterocycles. The summed E-state index contributed by atoms with van der Waals surface area (Å²) in [5.74, 6) is 1.00. The van der Waals surface area contributed by atoms with Crippen LogP contribution in [0.5, 0.6) is 0 Å². The molecular formula is C12H12FN3OS. The van der Waals surface area contributed by atoms with Crippen LogP contribution in [0.4, 0.5) is 10.1 Å². The first-order chi connectivity index (χ1) is 8.72. The third-order valence-corrected chi connectivity index (χ3v) is 4.45. The van der Waals surface area contributed by atoms with Gasteiger partial charge in [-0.3, -0.25) is 9.19 Å². The van der Waals surface area contributed by atoms with Crippen LogP contribution in [0.2, 0.25) is 0 Å². The molecule has 2 aromatic heterocycles. The van der Waals surface area contributed by atoms with E-state index in [1.807, 2.05) is 6.07 Å². The Hall–Kier alpha value is -1.56. The minimum absolute atomic E-state index is 0.197. The molecule has 0 aromatic carbocycles. The fourth-order valence-corrected chi connectivity index (χ4v) is 3.53. The molecule has 1 fully saturated rings. The highest BCUT2D eigenvalue weighted by Crippen LogP contribution is 2.22. The molecule has 0 spiro atoms. The van der Waals surface area contributed by atoms with E-state index in [2.05, 4.69) is 15.3 Å². The van der Waals surface area contributed by atoms with Crippen LogP contribution in [0.1, 0.15) is 6.42 Å². The third-order valence-electron chi connectivity index (χ3n) is 2.98. The standard InChI is InChI=1S/C12H12FN3OS/c13-8-5-11-12(15-6-8)10(1-3-14-11)16-9-2-4-18(17)7-9/h1,3,5-6,9H,2,4,7H2,(H,14,16). The molecule has 0 amide bonds. The Morgan fingerprint density at radius 3 is 3.11 bits per heavy atom. The highest BCUT2D eigenvalue weighted by atomic mass is 32.2. The molecule has 0 radical (unpaired) electrons. The molecule has 2 unspecified atom stereocenters. The lowest BCUT2D eigenvalue weighted by Crippen LogP contribution is -2.19. The summed E-state index contributed by atoms with van der Waals surface area (Å²) in [6, 6.07) is 3.37. The number of halogens is 1. The van der Waals surface area contributed by atoms with E-state index in [9.17, 15) is 8.60 Å². The van der Waals surface area contributed by atoms with Crippen molar-refractivity contribution in [2.24, 2.45) is 0 Å². The van der Waals surface area contributed by atoms with Crippen LogP contribution in [-0.4, -0.2) is 31.7 Å². The van der Waals surface area contributed by atoms with Crippen LogP contribution in [0.25, 0.3) is 11.0 Å². The molecule has 6 heteroatoms. The van der Waals surface area contributed by atoms with Gasteiger partial charge in [-0.1, -0.05) is 0 Å². The van der Waals surface area contributed by atoms with Crippen LogP contribution < -0.4 is 5.32 Å². The molecule has 1 saturated heterocycles. The first-order valence-corrected chi connectivity index (χ1v) is 7.23. The molecule has 1 N–H and O–H groups in total. The topological polar surface area (TPSA) is 54.9 Å². The van der Waals surface area contributed by atoms with E-state index >= 15 is 0 Å². The van der Waals surface area contributed by atoms with Gasteiger partial charge in [-0.15, -0.1) is 0 Å². The monoisotopic (exact) mass is 265 g/mol. The fraction of sp³-hybridized carbons (Fsp3) is 0.333. The van der Waals surface area contributed by atoms with Crippen molar-refractivity contribution < 1.29 is 8.60 Å². The molecule has 0 aliphatic carbocycles. The molecule has 94 valence electrons. The van der Waals surface area contributed by atoms with Gasteiger partial charge in [0.2, 0.25) is 0 Å². The van der Waals surface area contributed by atoms with Crippen LogP contribution in [0, 0.1) is 5.82 Å². The van der Waals surface area contributed by atoms with Crippen molar-refractivity contribution in [1.29, 1.82) is 0 Å². The zero-order chi connectivity index (χ0) is 12.5. The zero-order valence-electron chi connectivity index (χ0n) is 9.60. The van der Waals surface area contributed by atoms with Gasteiger partial charge in [-0.2, -0.15) is 0 Å². The van der Waals surface area contributed by atoms with Gasteiger partial charge in [0, 0.05) is 40.6 Å². The summed E-state index contributed by atoms with van der Waals surface area (Å²) in [6.45, 7) is 0. The number of fused-ring (bicyclic) bond motifs is 1. The Balaban J connectivity index is 1.94. The molecule has 0 bridgehead atoms. The maximum Gasteiger partial charge on any atom is 0.143 e. The van der Waals surface area contributed by atoms with Crippen molar-refractivity contribution >= 4 is 27.5 Å². The predicted molar refractivity (Wildman–Crippen MR) is 69.4 cm³/mol. The van der Waals surface area contributed by atoms with Crippen molar-refractivity contribution in [1.82, 2.24) is 9.97 Å². The Kier molecular flexibility index (Phi) is 2.95. The highest BCUT2D eigenvalue weighted by Gasteiger charge is 2.21. The SMILES string of the molecule is O=S1CCC(Nc2ccnc3cc(F)cnc23)C1. The van der Waals surface area contributed by atoms with Gasteiger partial charge in [0.25, 0.3) is 0 Å². The van der Waals surface area contributed by atoms with Crippen molar-refractivity contribution in [2.45, 2.75) is 12.5 Å². The van der Waals surface area contributed by atoms with E-state index in [-0.39, 0.29) is 6.04 Å². The van der Waals surface area contributed by atoms with Gasteiger partial charge in [-0.05, 0) is 12.5 Å². The molecular weight excluding hydrogens is 253 g/mol. The van der Waals surface area contributed by atoms with Crippen molar-refractivity contribution in [3.8, 4) is 0 Å². The second-order valence-corrected chi connectivity index (χ2v) is 5.94. The fourth-order valence-electron chi connectivity index (χ4n) is 2.12. The Labute approximate surface area is 106 Å². The summed E-state index contributed by atoms with van der Waals surface area (Å²) in [5, 5.41) is 3.32. The van der Waals surface area contributed by atoms with Crippen LogP contribution in [0.15, 0.2) is 24.5 Å². The third kappa shape index (κ3) is 2.20. The first kappa shape index (κ1) is 11.5. The minimum Gasteiger partial charge on any atom is -0.379 e. The number of anilines is 1. The number of nitrogens with one attached hydrogen (secondary N) is 1. The molecule has 2 aromatic rings. The van der Waals surface area contributed by atoms with E-state index in [1.54, 1.807) is 6.20 Å². The minimum atomic E-state index is -0.722. The molecule has 0 saturated carbocycles.